The van der Waals surface area contributed by atoms with Gasteiger partial charge in [-0.05, 0) is 17.7 Å². The summed E-state index contributed by atoms with van der Waals surface area (Å²) < 4.78 is 0. The first-order valence-corrected chi connectivity index (χ1v) is 5.26. The van der Waals surface area contributed by atoms with Gasteiger partial charge < -0.3 is 0 Å². The van der Waals surface area contributed by atoms with Gasteiger partial charge in [-0.2, -0.15) is 5.26 Å². The molecule has 0 atom stereocenters. The lowest BCUT2D eigenvalue weighted by atomic mass is 10.0. The summed E-state index contributed by atoms with van der Waals surface area (Å²) in [5.41, 5.74) is 2.56. The molecule has 3 heteroatoms. The first kappa shape index (κ1) is 10.7. The molecule has 1 aromatic heterocycles. The highest BCUT2D eigenvalue weighted by Gasteiger charge is 2.08. The van der Waals surface area contributed by atoms with Gasteiger partial charge >= 0.3 is 0 Å². The maximum atomic E-state index is 8.75. The molecule has 0 amide bonds. The van der Waals surface area contributed by atoms with Crippen molar-refractivity contribution in [1.82, 2.24) is 4.98 Å². The number of rotatable bonds is 2. The van der Waals surface area contributed by atoms with Gasteiger partial charge in [0.2, 0.25) is 0 Å². The van der Waals surface area contributed by atoms with Crippen LogP contribution in [0.15, 0.2) is 42.6 Å². The van der Waals surface area contributed by atoms with Crippen LogP contribution in [0.4, 0.5) is 0 Å². The first-order chi connectivity index (χ1) is 7.83. The number of aromatic nitrogens is 1. The van der Waals surface area contributed by atoms with E-state index in [2.05, 4.69) is 11.1 Å². The second-order valence-electron chi connectivity index (χ2n) is 3.33. The molecular formula is C13H9ClN2. The Kier molecular flexibility index (Phi) is 3.19. The lowest BCUT2D eigenvalue weighted by Crippen LogP contribution is -1.92. The Morgan fingerprint density at radius 2 is 2.00 bits per heavy atom. The maximum Gasteiger partial charge on any atom is 0.0759 e. The number of nitriles is 1. The summed E-state index contributed by atoms with van der Waals surface area (Å²) >= 11 is 6.11. The second-order valence-corrected chi connectivity index (χ2v) is 3.73. The first-order valence-electron chi connectivity index (χ1n) is 4.88. The van der Waals surface area contributed by atoms with E-state index >= 15 is 0 Å². The standard InChI is InChI=1S/C13H9ClN2/c14-12-6-2-1-5-11(12)13-10(7-8-15)4-3-9-16-13/h1-6,9H,7H2. The normalized spacial score (nSPS) is 9.75. The van der Waals surface area contributed by atoms with Gasteiger partial charge in [0.15, 0.2) is 0 Å². The van der Waals surface area contributed by atoms with Crippen molar-refractivity contribution in [3.63, 3.8) is 0 Å². The van der Waals surface area contributed by atoms with Crippen molar-refractivity contribution in [3.05, 3.63) is 53.2 Å². The highest BCUT2D eigenvalue weighted by atomic mass is 35.5. The van der Waals surface area contributed by atoms with Gasteiger partial charge in [0.25, 0.3) is 0 Å². The van der Waals surface area contributed by atoms with Gasteiger partial charge in [0.05, 0.1) is 18.2 Å². The maximum absolute atomic E-state index is 8.75. The molecule has 2 nitrogen and oxygen atoms in total. The lowest BCUT2D eigenvalue weighted by molar-refractivity contribution is 1.20. The second kappa shape index (κ2) is 4.78. The zero-order valence-electron chi connectivity index (χ0n) is 8.52. The van der Waals surface area contributed by atoms with Crippen LogP contribution in [0.3, 0.4) is 0 Å². The summed E-state index contributed by atoms with van der Waals surface area (Å²) in [6.07, 6.45) is 2.05. The molecule has 0 saturated carbocycles. The summed E-state index contributed by atoms with van der Waals surface area (Å²) in [5, 5.41) is 9.40. The minimum Gasteiger partial charge on any atom is -0.256 e. The van der Waals surface area contributed by atoms with Crippen LogP contribution in [0.1, 0.15) is 5.56 Å². The van der Waals surface area contributed by atoms with Crippen LogP contribution < -0.4 is 0 Å². The molecule has 0 radical (unpaired) electrons. The Balaban J connectivity index is 2.57. The topological polar surface area (TPSA) is 36.7 Å². The van der Waals surface area contributed by atoms with Crippen LogP contribution >= 0.6 is 11.6 Å². The Bertz CT molecular complexity index is 544. The molecule has 0 bridgehead atoms. The molecule has 1 aromatic carbocycles. The summed E-state index contributed by atoms with van der Waals surface area (Å²) in [6.45, 7) is 0. The van der Waals surface area contributed by atoms with Crippen molar-refractivity contribution in [3.8, 4) is 17.3 Å². The van der Waals surface area contributed by atoms with Crippen LogP contribution in [-0.2, 0) is 6.42 Å². The van der Waals surface area contributed by atoms with Crippen molar-refractivity contribution in [2.24, 2.45) is 0 Å². The molecule has 0 N–H and O–H groups in total. The summed E-state index contributed by atoms with van der Waals surface area (Å²) in [6, 6.07) is 13.4. The van der Waals surface area contributed by atoms with Crippen LogP contribution in [0.2, 0.25) is 5.02 Å². The molecule has 0 aliphatic heterocycles. The minimum atomic E-state index is 0.342. The Labute approximate surface area is 99.1 Å². The minimum absolute atomic E-state index is 0.342. The summed E-state index contributed by atoms with van der Waals surface area (Å²) in [4.78, 5) is 4.29. The lowest BCUT2D eigenvalue weighted by Gasteiger charge is -2.06. The Hall–Kier alpha value is -1.85. The number of hydrogen-bond acceptors (Lipinski definition) is 2. The molecule has 0 fully saturated rings. The molecule has 0 unspecified atom stereocenters. The van der Waals surface area contributed by atoms with E-state index in [9.17, 15) is 0 Å². The third-order valence-electron chi connectivity index (χ3n) is 2.29. The molecule has 1 heterocycles. The van der Waals surface area contributed by atoms with Crippen molar-refractivity contribution in [2.45, 2.75) is 6.42 Å². The molecule has 0 saturated heterocycles. The number of benzene rings is 1. The third kappa shape index (κ3) is 2.05. The zero-order valence-corrected chi connectivity index (χ0v) is 9.28. The van der Waals surface area contributed by atoms with Crippen LogP contribution in [-0.4, -0.2) is 4.98 Å². The molecule has 78 valence electrons. The molecule has 0 aliphatic rings. The van der Waals surface area contributed by atoms with Gasteiger partial charge in [-0.3, -0.25) is 4.98 Å². The van der Waals surface area contributed by atoms with Crippen molar-refractivity contribution < 1.29 is 0 Å². The van der Waals surface area contributed by atoms with E-state index in [1.165, 1.54) is 0 Å². The molecule has 0 spiro atoms. The van der Waals surface area contributed by atoms with Crippen LogP contribution in [0.25, 0.3) is 11.3 Å². The van der Waals surface area contributed by atoms with Gasteiger partial charge in [-0.25, -0.2) is 0 Å². The molecule has 2 aromatic rings. The van der Waals surface area contributed by atoms with E-state index in [4.69, 9.17) is 16.9 Å². The molecule has 0 aliphatic carbocycles. The fourth-order valence-electron chi connectivity index (χ4n) is 1.56. The predicted molar refractivity (Wildman–Crippen MR) is 64.0 cm³/mol. The number of pyridine rings is 1. The molecule has 16 heavy (non-hydrogen) atoms. The Morgan fingerprint density at radius 1 is 1.19 bits per heavy atom. The van der Waals surface area contributed by atoms with Crippen molar-refractivity contribution in [2.75, 3.05) is 0 Å². The molecule has 2 rings (SSSR count). The van der Waals surface area contributed by atoms with E-state index in [1.54, 1.807) is 6.20 Å². The quantitative estimate of drug-likeness (QED) is 0.789. The fraction of sp³-hybridized carbons (Fsp3) is 0.0769. The highest BCUT2D eigenvalue weighted by molar-refractivity contribution is 6.33. The average molecular weight is 229 g/mol. The van der Waals surface area contributed by atoms with E-state index in [0.29, 0.717) is 11.4 Å². The number of halogens is 1. The smallest absolute Gasteiger partial charge is 0.0759 e. The highest BCUT2D eigenvalue weighted by Crippen LogP contribution is 2.28. The van der Waals surface area contributed by atoms with Gasteiger partial charge in [-0.1, -0.05) is 35.9 Å². The van der Waals surface area contributed by atoms with Crippen molar-refractivity contribution >= 4 is 11.6 Å². The number of hydrogen-bond donors (Lipinski definition) is 0. The predicted octanol–water partition coefficient (Wildman–Crippen LogP) is 3.47. The summed E-state index contributed by atoms with van der Waals surface area (Å²) in [5.74, 6) is 0. The van der Waals surface area contributed by atoms with E-state index in [-0.39, 0.29) is 0 Å². The van der Waals surface area contributed by atoms with E-state index in [1.807, 2.05) is 36.4 Å². The van der Waals surface area contributed by atoms with Crippen molar-refractivity contribution in [1.29, 1.82) is 5.26 Å². The zero-order chi connectivity index (χ0) is 11.4. The van der Waals surface area contributed by atoms with Crippen LogP contribution in [0.5, 0.6) is 0 Å². The van der Waals surface area contributed by atoms with Crippen LogP contribution in [0, 0.1) is 11.3 Å². The Morgan fingerprint density at radius 3 is 2.75 bits per heavy atom. The van der Waals surface area contributed by atoms with E-state index < -0.39 is 0 Å². The van der Waals surface area contributed by atoms with Gasteiger partial charge in [0.1, 0.15) is 0 Å². The summed E-state index contributed by atoms with van der Waals surface area (Å²) in [7, 11) is 0. The largest absolute Gasteiger partial charge is 0.256 e. The molecular weight excluding hydrogens is 220 g/mol. The monoisotopic (exact) mass is 228 g/mol. The SMILES string of the molecule is N#CCc1cccnc1-c1ccccc1Cl. The van der Waals surface area contributed by atoms with Gasteiger partial charge in [-0.15, -0.1) is 0 Å². The fourth-order valence-corrected chi connectivity index (χ4v) is 1.79. The van der Waals surface area contributed by atoms with E-state index in [0.717, 1.165) is 16.8 Å². The third-order valence-corrected chi connectivity index (χ3v) is 2.62. The number of nitrogens with zero attached hydrogens (tertiary/aromatic N) is 2. The average Bonchev–Trinajstić information content (AvgIpc) is 2.31. The van der Waals surface area contributed by atoms with Gasteiger partial charge in [0, 0.05) is 16.8 Å².